The molecule has 2 N–H and O–H groups in total. The molecule has 3 rings (SSSR count). The van der Waals surface area contributed by atoms with Crippen LogP contribution in [0.5, 0.6) is 0 Å². The Morgan fingerprint density at radius 3 is 2.67 bits per heavy atom. The van der Waals surface area contributed by atoms with Gasteiger partial charge in [-0.2, -0.15) is 0 Å². The van der Waals surface area contributed by atoms with Gasteiger partial charge >= 0.3 is 0 Å². The van der Waals surface area contributed by atoms with Crippen LogP contribution in [0, 0.1) is 5.82 Å². The lowest BCUT2D eigenvalue weighted by Gasteiger charge is -2.17. The van der Waals surface area contributed by atoms with Gasteiger partial charge in [0.1, 0.15) is 11.6 Å². The Labute approximate surface area is 122 Å². The lowest BCUT2D eigenvalue weighted by atomic mass is 10.1. The lowest BCUT2D eigenvalue weighted by Crippen LogP contribution is -2.07. The summed E-state index contributed by atoms with van der Waals surface area (Å²) in [5.41, 5.74) is 8.65. The first kappa shape index (κ1) is 13.3. The van der Waals surface area contributed by atoms with E-state index in [0.717, 1.165) is 16.8 Å². The van der Waals surface area contributed by atoms with Crippen LogP contribution in [0.25, 0.3) is 11.3 Å². The van der Waals surface area contributed by atoms with E-state index < -0.39 is 0 Å². The molecule has 5 heteroatoms. The number of hydrogen-bond donors (Lipinski definition) is 1. The van der Waals surface area contributed by atoms with Crippen LogP contribution >= 0.6 is 0 Å². The van der Waals surface area contributed by atoms with E-state index >= 15 is 0 Å². The van der Waals surface area contributed by atoms with Crippen molar-refractivity contribution in [1.29, 1.82) is 0 Å². The number of pyridine rings is 1. The summed E-state index contributed by atoms with van der Waals surface area (Å²) in [5.74, 6) is 0.230. The highest BCUT2D eigenvalue weighted by atomic mass is 19.1. The molecule has 1 aromatic carbocycles. The maximum atomic E-state index is 13.0. The second-order valence-electron chi connectivity index (χ2n) is 4.88. The molecule has 2 aromatic heterocycles. The number of rotatable bonds is 3. The van der Waals surface area contributed by atoms with E-state index in [9.17, 15) is 4.39 Å². The SMILES string of the molecule is CC(c1ccc(F)cc1)n1cncc1-c1ccnc(N)c1. The number of hydrogen-bond acceptors (Lipinski definition) is 3. The fourth-order valence-corrected chi connectivity index (χ4v) is 2.35. The van der Waals surface area contributed by atoms with Gasteiger partial charge in [0, 0.05) is 11.8 Å². The standard InChI is InChI=1S/C16H15FN4/c1-11(12-2-4-14(17)5-3-12)21-10-19-9-15(21)13-6-7-20-16(18)8-13/h2-11H,1H3,(H2,18,20). The maximum Gasteiger partial charge on any atom is 0.123 e. The third kappa shape index (κ3) is 2.63. The number of nitrogens with two attached hydrogens (primary N) is 1. The highest BCUT2D eigenvalue weighted by molar-refractivity contribution is 5.62. The van der Waals surface area contributed by atoms with Gasteiger partial charge in [-0.15, -0.1) is 0 Å². The van der Waals surface area contributed by atoms with Crippen LogP contribution in [-0.2, 0) is 0 Å². The molecule has 21 heavy (non-hydrogen) atoms. The highest BCUT2D eigenvalue weighted by Gasteiger charge is 2.13. The first-order chi connectivity index (χ1) is 10.1. The van der Waals surface area contributed by atoms with Crippen LogP contribution in [-0.4, -0.2) is 14.5 Å². The zero-order valence-corrected chi connectivity index (χ0v) is 11.6. The van der Waals surface area contributed by atoms with Gasteiger partial charge in [-0.1, -0.05) is 12.1 Å². The Bertz CT molecular complexity index is 749. The highest BCUT2D eigenvalue weighted by Crippen LogP contribution is 2.26. The largest absolute Gasteiger partial charge is 0.384 e. The van der Waals surface area contributed by atoms with Gasteiger partial charge in [-0.3, -0.25) is 0 Å². The van der Waals surface area contributed by atoms with Crippen LogP contribution in [0.3, 0.4) is 0 Å². The Balaban J connectivity index is 2.00. The molecule has 0 radical (unpaired) electrons. The number of anilines is 1. The van der Waals surface area contributed by atoms with Gasteiger partial charge in [-0.25, -0.2) is 14.4 Å². The molecule has 0 saturated heterocycles. The quantitative estimate of drug-likeness (QED) is 0.802. The van der Waals surface area contributed by atoms with E-state index in [2.05, 4.69) is 9.97 Å². The molecule has 0 spiro atoms. The van der Waals surface area contributed by atoms with Gasteiger partial charge < -0.3 is 10.3 Å². The second kappa shape index (κ2) is 5.36. The topological polar surface area (TPSA) is 56.7 Å². The summed E-state index contributed by atoms with van der Waals surface area (Å²) in [5, 5.41) is 0. The number of benzene rings is 1. The summed E-state index contributed by atoms with van der Waals surface area (Å²) in [6.45, 7) is 2.04. The van der Waals surface area contributed by atoms with Crippen LogP contribution in [0.1, 0.15) is 18.5 Å². The van der Waals surface area contributed by atoms with Crippen molar-refractivity contribution < 1.29 is 4.39 Å². The molecule has 106 valence electrons. The van der Waals surface area contributed by atoms with Crippen molar-refractivity contribution in [1.82, 2.24) is 14.5 Å². The predicted molar refractivity (Wildman–Crippen MR) is 80.1 cm³/mol. The van der Waals surface area contributed by atoms with Gasteiger partial charge in [0.2, 0.25) is 0 Å². The molecule has 4 nitrogen and oxygen atoms in total. The summed E-state index contributed by atoms with van der Waals surface area (Å²) in [7, 11) is 0. The number of halogens is 1. The first-order valence-electron chi connectivity index (χ1n) is 6.64. The lowest BCUT2D eigenvalue weighted by molar-refractivity contribution is 0.617. The second-order valence-corrected chi connectivity index (χ2v) is 4.88. The molecule has 0 amide bonds. The van der Waals surface area contributed by atoms with Crippen molar-refractivity contribution >= 4 is 5.82 Å². The van der Waals surface area contributed by atoms with E-state index in [4.69, 9.17) is 5.73 Å². The molecule has 3 aromatic rings. The average molecular weight is 282 g/mol. The Hall–Kier alpha value is -2.69. The zero-order valence-electron chi connectivity index (χ0n) is 11.6. The predicted octanol–water partition coefficient (Wildman–Crippen LogP) is 3.28. The molecule has 1 unspecified atom stereocenters. The van der Waals surface area contributed by atoms with E-state index in [0.29, 0.717) is 5.82 Å². The summed E-state index contributed by atoms with van der Waals surface area (Å²) in [4.78, 5) is 8.22. The van der Waals surface area contributed by atoms with E-state index in [-0.39, 0.29) is 11.9 Å². The van der Waals surface area contributed by atoms with Crippen molar-refractivity contribution in [2.75, 3.05) is 5.73 Å². The minimum absolute atomic E-state index is 0.0393. The molecule has 2 heterocycles. The van der Waals surface area contributed by atoms with Crippen molar-refractivity contribution in [3.8, 4) is 11.3 Å². The molecule has 0 aliphatic rings. The van der Waals surface area contributed by atoms with E-state index in [1.807, 2.05) is 23.6 Å². The third-order valence-corrected chi connectivity index (χ3v) is 3.51. The van der Waals surface area contributed by atoms with Gasteiger partial charge in [-0.05, 0) is 36.8 Å². The molecule has 0 fully saturated rings. The summed E-state index contributed by atoms with van der Waals surface area (Å²) in [6.07, 6.45) is 5.22. The molecule has 0 aliphatic carbocycles. The summed E-state index contributed by atoms with van der Waals surface area (Å²) in [6, 6.07) is 10.2. The van der Waals surface area contributed by atoms with Gasteiger partial charge in [0.25, 0.3) is 0 Å². The number of imidazole rings is 1. The average Bonchev–Trinajstić information content (AvgIpc) is 2.97. The zero-order chi connectivity index (χ0) is 14.8. The first-order valence-corrected chi connectivity index (χ1v) is 6.64. The molecular formula is C16H15FN4. The van der Waals surface area contributed by atoms with Crippen molar-refractivity contribution in [3.05, 3.63) is 66.5 Å². The van der Waals surface area contributed by atoms with Crippen molar-refractivity contribution in [3.63, 3.8) is 0 Å². The van der Waals surface area contributed by atoms with Crippen LogP contribution < -0.4 is 5.73 Å². The van der Waals surface area contributed by atoms with Crippen LogP contribution in [0.2, 0.25) is 0 Å². The van der Waals surface area contributed by atoms with Gasteiger partial charge in [0.15, 0.2) is 0 Å². The molecule has 0 saturated carbocycles. The Morgan fingerprint density at radius 2 is 1.95 bits per heavy atom. The number of nitrogens with zero attached hydrogens (tertiary/aromatic N) is 3. The fraction of sp³-hybridized carbons (Fsp3) is 0.125. The minimum Gasteiger partial charge on any atom is -0.384 e. The molecule has 1 atom stereocenters. The number of aromatic nitrogens is 3. The Morgan fingerprint density at radius 1 is 1.19 bits per heavy atom. The van der Waals surface area contributed by atoms with E-state index in [1.165, 1.54) is 12.1 Å². The normalized spacial score (nSPS) is 12.3. The monoisotopic (exact) mass is 282 g/mol. The fourth-order valence-electron chi connectivity index (χ4n) is 2.35. The summed E-state index contributed by atoms with van der Waals surface area (Å²) >= 11 is 0. The Kier molecular flexibility index (Phi) is 3.39. The minimum atomic E-state index is -0.237. The van der Waals surface area contributed by atoms with Crippen LogP contribution in [0.15, 0.2) is 55.1 Å². The molecule has 0 bridgehead atoms. The number of nitrogen functional groups attached to an aromatic ring is 1. The summed E-state index contributed by atoms with van der Waals surface area (Å²) < 4.78 is 15.1. The molecular weight excluding hydrogens is 267 g/mol. The van der Waals surface area contributed by atoms with Crippen LogP contribution in [0.4, 0.5) is 10.2 Å². The smallest absolute Gasteiger partial charge is 0.123 e. The third-order valence-electron chi connectivity index (χ3n) is 3.51. The van der Waals surface area contributed by atoms with Crippen molar-refractivity contribution in [2.24, 2.45) is 0 Å². The van der Waals surface area contributed by atoms with E-state index in [1.54, 1.807) is 30.9 Å². The van der Waals surface area contributed by atoms with Crippen molar-refractivity contribution in [2.45, 2.75) is 13.0 Å². The molecule has 0 aliphatic heterocycles. The maximum absolute atomic E-state index is 13.0. The van der Waals surface area contributed by atoms with Gasteiger partial charge in [0.05, 0.1) is 24.3 Å².